The van der Waals surface area contributed by atoms with Crippen LogP contribution in [0, 0.1) is 11.8 Å². The van der Waals surface area contributed by atoms with Crippen molar-refractivity contribution in [2.75, 3.05) is 12.3 Å². The van der Waals surface area contributed by atoms with Gasteiger partial charge in [-0.25, -0.2) is 0 Å². The van der Waals surface area contributed by atoms with Gasteiger partial charge >= 0.3 is 0 Å². The lowest BCUT2D eigenvalue weighted by Gasteiger charge is -2.19. The van der Waals surface area contributed by atoms with Crippen molar-refractivity contribution in [3.8, 4) is 0 Å². The molecule has 1 fully saturated rings. The van der Waals surface area contributed by atoms with Crippen molar-refractivity contribution in [2.45, 2.75) is 96.4 Å². The first-order chi connectivity index (χ1) is 13.8. The summed E-state index contributed by atoms with van der Waals surface area (Å²) in [6.45, 7) is 4.15. The molecule has 0 aromatic rings. The first kappa shape index (κ1) is 26.6. The van der Waals surface area contributed by atoms with Gasteiger partial charge in [-0.15, -0.1) is 0 Å². The third kappa shape index (κ3) is 10.9. The largest absolute Gasteiger partial charge is 0.393 e. The maximum atomic E-state index is 12.0. The van der Waals surface area contributed by atoms with Crippen molar-refractivity contribution in [2.24, 2.45) is 11.8 Å². The van der Waals surface area contributed by atoms with Crippen LogP contribution in [0.3, 0.4) is 0 Å². The second-order valence-electron chi connectivity index (χ2n) is 8.56. The minimum absolute atomic E-state index is 0.0613. The molecule has 1 aliphatic rings. The molecule has 4 N–H and O–H groups in total. The Morgan fingerprint density at radius 1 is 1.00 bits per heavy atom. The lowest BCUT2D eigenvalue weighted by Crippen LogP contribution is -2.20. The maximum Gasteiger partial charge on any atom is 0.200 e. The van der Waals surface area contributed by atoms with Gasteiger partial charge in [0.25, 0.3) is 0 Å². The molecule has 0 amide bonds. The summed E-state index contributed by atoms with van der Waals surface area (Å²) in [7, 11) is -2.98. The van der Waals surface area contributed by atoms with E-state index in [0.29, 0.717) is 31.6 Å². The fourth-order valence-corrected chi connectivity index (χ4v) is 5.72. The summed E-state index contributed by atoms with van der Waals surface area (Å²) in [6.07, 6.45) is 15.0. The van der Waals surface area contributed by atoms with Gasteiger partial charge < -0.3 is 20.2 Å². The van der Waals surface area contributed by atoms with Crippen LogP contribution in [-0.2, 0) is 4.57 Å². The molecular weight excluding hydrogens is 387 g/mol. The fraction of sp³-hybridized carbons (Fsp3) is 0.826. The topological polar surface area (TPSA) is 98.0 Å². The minimum atomic E-state index is -2.98. The van der Waals surface area contributed by atoms with Gasteiger partial charge in [-0.05, 0) is 38.0 Å². The Morgan fingerprint density at radius 2 is 1.69 bits per heavy atom. The zero-order valence-corrected chi connectivity index (χ0v) is 19.2. The summed E-state index contributed by atoms with van der Waals surface area (Å²) in [5.74, 6) is -0.212. The molecule has 6 atom stereocenters. The average molecular weight is 431 g/mol. The van der Waals surface area contributed by atoms with Crippen LogP contribution in [0.1, 0.15) is 78.1 Å². The van der Waals surface area contributed by atoms with Crippen molar-refractivity contribution in [3.63, 3.8) is 0 Å². The molecule has 5 nitrogen and oxygen atoms in total. The maximum absolute atomic E-state index is 12.0. The summed E-state index contributed by atoms with van der Waals surface area (Å²) in [5.41, 5.74) is 0. The zero-order valence-electron chi connectivity index (χ0n) is 18.3. The Labute approximate surface area is 177 Å². The van der Waals surface area contributed by atoms with Crippen molar-refractivity contribution in [3.05, 3.63) is 24.3 Å². The lowest BCUT2D eigenvalue weighted by atomic mass is 9.89. The molecule has 0 spiro atoms. The number of hydrogen-bond donors (Lipinski definition) is 4. The van der Waals surface area contributed by atoms with Crippen LogP contribution < -0.4 is 0 Å². The van der Waals surface area contributed by atoms with Crippen molar-refractivity contribution in [1.29, 1.82) is 0 Å². The molecule has 0 aliphatic heterocycles. The van der Waals surface area contributed by atoms with Crippen LogP contribution in [0.2, 0.25) is 0 Å². The Bertz CT molecular complexity index is 533. The molecule has 0 aromatic heterocycles. The number of rotatable bonds is 15. The highest BCUT2D eigenvalue weighted by atomic mass is 31.2. The van der Waals surface area contributed by atoms with Gasteiger partial charge in [0.2, 0.25) is 7.37 Å². The summed E-state index contributed by atoms with van der Waals surface area (Å²) in [5, 5.41) is 30.7. The molecule has 6 heteroatoms. The van der Waals surface area contributed by atoms with Gasteiger partial charge in [-0.2, -0.15) is 0 Å². The van der Waals surface area contributed by atoms with E-state index < -0.39 is 25.7 Å². The lowest BCUT2D eigenvalue weighted by molar-refractivity contribution is 0.120. The summed E-state index contributed by atoms with van der Waals surface area (Å²) in [6, 6.07) is 0. The smallest absolute Gasteiger partial charge is 0.200 e. The Hall–Kier alpha value is -0.450. The summed E-state index contributed by atoms with van der Waals surface area (Å²) >= 11 is 0. The van der Waals surface area contributed by atoms with Crippen LogP contribution in [0.15, 0.2) is 24.3 Å². The average Bonchev–Trinajstić information content (AvgIpc) is 2.94. The van der Waals surface area contributed by atoms with E-state index in [2.05, 4.69) is 6.92 Å². The van der Waals surface area contributed by atoms with Gasteiger partial charge in [0.05, 0.1) is 18.3 Å². The number of hydrogen-bond acceptors (Lipinski definition) is 4. The molecule has 1 rings (SSSR count). The predicted molar refractivity (Wildman–Crippen MR) is 120 cm³/mol. The first-order valence-electron chi connectivity index (χ1n) is 11.5. The number of unbranched alkanes of at least 4 members (excludes halogenated alkanes) is 4. The molecule has 29 heavy (non-hydrogen) atoms. The van der Waals surface area contributed by atoms with Crippen LogP contribution in [0.25, 0.3) is 0 Å². The second kappa shape index (κ2) is 14.5. The first-order valence-corrected chi connectivity index (χ1v) is 13.5. The summed E-state index contributed by atoms with van der Waals surface area (Å²) < 4.78 is 12.0. The molecule has 0 aromatic carbocycles. The van der Waals surface area contributed by atoms with Gasteiger partial charge in [0.1, 0.15) is 0 Å². The monoisotopic (exact) mass is 430 g/mol. The molecule has 1 saturated carbocycles. The van der Waals surface area contributed by atoms with Crippen LogP contribution in [0.5, 0.6) is 0 Å². The van der Waals surface area contributed by atoms with Crippen LogP contribution >= 0.6 is 7.37 Å². The Morgan fingerprint density at radius 3 is 2.38 bits per heavy atom. The van der Waals surface area contributed by atoms with E-state index in [0.717, 1.165) is 44.9 Å². The van der Waals surface area contributed by atoms with E-state index in [9.17, 15) is 24.8 Å². The number of aliphatic hydroxyl groups excluding tert-OH is 3. The molecule has 0 saturated heterocycles. The zero-order chi connectivity index (χ0) is 21.7. The van der Waals surface area contributed by atoms with Crippen LogP contribution in [0.4, 0.5) is 0 Å². The minimum Gasteiger partial charge on any atom is -0.393 e. The SMILES string of the molecule is CCCCC[C@H](O)/C=C/[C@@H]1[C@@H](C/C=C\CCCP(=O)(O)CCCC)[C@@H](O)C[C@H]1O. The standard InChI is InChI=1S/C23H43O5P/c1-3-5-9-12-19(24)14-15-21-20(22(25)18-23(21)26)13-10-7-8-11-17-29(27,28)16-6-4-2/h7,10,14-15,19-26H,3-6,8-9,11-13,16-18H2,1-2H3,(H,27,28)/b10-7-,15-14+/t19-,20+,21+,22-,23+/m0/s1. The van der Waals surface area contributed by atoms with E-state index in [1.165, 1.54) is 0 Å². The van der Waals surface area contributed by atoms with Crippen LogP contribution in [-0.4, -0.2) is 50.8 Å². The van der Waals surface area contributed by atoms with Gasteiger partial charge in [0.15, 0.2) is 0 Å². The fourth-order valence-electron chi connectivity index (χ4n) is 4.01. The quantitative estimate of drug-likeness (QED) is 0.172. The molecule has 0 radical (unpaired) electrons. The van der Waals surface area contributed by atoms with E-state index in [1.807, 2.05) is 25.2 Å². The van der Waals surface area contributed by atoms with Gasteiger partial charge in [0, 0.05) is 24.7 Å². The number of aliphatic hydroxyl groups is 3. The highest BCUT2D eigenvalue weighted by Crippen LogP contribution is 2.42. The van der Waals surface area contributed by atoms with E-state index in [1.54, 1.807) is 6.08 Å². The van der Waals surface area contributed by atoms with Crippen molar-refractivity contribution >= 4 is 7.37 Å². The normalized spacial score (nSPS) is 28.3. The van der Waals surface area contributed by atoms with Gasteiger partial charge in [-0.3, -0.25) is 4.57 Å². The number of allylic oxidation sites excluding steroid dienone is 2. The predicted octanol–water partition coefficient (Wildman–Crippen LogP) is 4.64. The summed E-state index contributed by atoms with van der Waals surface area (Å²) in [4.78, 5) is 9.89. The molecule has 0 bridgehead atoms. The third-order valence-corrected chi connectivity index (χ3v) is 7.92. The molecular formula is C23H43O5P. The molecule has 0 heterocycles. The van der Waals surface area contributed by atoms with E-state index in [-0.39, 0.29) is 11.8 Å². The van der Waals surface area contributed by atoms with Crippen molar-refractivity contribution < 1.29 is 24.8 Å². The molecule has 170 valence electrons. The highest BCUT2D eigenvalue weighted by molar-refractivity contribution is 7.57. The Kier molecular flexibility index (Phi) is 13.3. The van der Waals surface area contributed by atoms with Crippen molar-refractivity contribution in [1.82, 2.24) is 0 Å². The van der Waals surface area contributed by atoms with Gasteiger partial charge in [-0.1, -0.05) is 63.8 Å². The third-order valence-electron chi connectivity index (χ3n) is 5.89. The Balaban J connectivity index is 2.43. The van der Waals surface area contributed by atoms with E-state index in [4.69, 9.17) is 0 Å². The second-order valence-corrected chi connectivity index (χ2v) is 11.1. The highest BCUT2D eigenvalue weighted by Gasteiger charge is 2.39. The van der Waals surface area contributed by atoms with E-state index >= 15 is 0 Å². The molecule has 1 aliphatic carbocycles. The molecule has 1 unspecified atom stereocenters.